The topological polar surface area (TPSA) is 29.5 Å². The molecular weight excluding hydrogens is 298 g/mol. The normalized spacial score (nSPS) is 26.0. The van der Waals surface area contributed by atoms with Crippen LogP contribution in [0, 0.1) is 0 Å². The molecule has 0 spiro atoms. The molecule has 0 bridgehead atoms. The van der Waals surface area contributed by atoms with Gasteiger partial charge in [0, 0.05) is 47.0 Å². The standard InChI is InChI=1S/C21H19NO2/c1-21(2)16-5-3-4-6-17(16)22-10-9-18-15(20(21)22)11-13-7-8-14(23)12-19(13)24-18/h3-8,11-12,18H,9-10H2,1-2H3. The van der Waals surface area contributed by atoms with Crippen LogP contribution in [0.25, 0.3) is 0 Å². The molecule has 1 unspecified atom stereocenters. The van der Waals surface area contributed by atoms with Gasteiger partial charge in [0.15, 0.2) is 5.78 Å². The summed E-state index contributed by atoms with van der Waals surface area (Å²) in [6.07, 6.45) is 8.28. The van der Waals surface area contributed by atoms with Crippen LogP contribution in [0.5, 0.6) is 0 Å². The van der Waals surface area contributed by atoms with Crippen molar-refractivity contribution in [3.63, 3.8) is 0 Å². The van der Waals surface area contributed by atoms with Crippen LogP contribution in [0.4, 0.5) is 5.69 Å². The van der Waals surface area contributed by atoms with Gasteiger partial charge in [-0.1, -0.05) is 32.0 Å². The van der Waals surface area contributed by atoms with Gasteiger partial charge in [0.25, 0.3) is 0 Å². The van der Waals surface area contributed by atoms with Crippen molar-refractivity contribution in [1.82, 2.24) is 0 Å². The molecule has 1 aromatic carbocycles. The van der Waals surface area contributed by atoms with Crippen LogP contribution in [0.2, 0.25) is 0 Å². The van der Waals surface area contributed by atoms with Gasteiger partial charge in [-0.3, -0.25) is 4.79 Å². The van der Waals surface area contributed by atoms with E-state index in [9.17, 15) is 4.79 Å². The molecule has 0 saturated carbocycles. The van der Waals surface area contributed by atoms with Gasteiger partial charge in [-0.25, -0.2) is 0 Å². The number of benzene rings is 1. The van der Waals surface area contributed by atoms with Gasteiger partial charge in [0.1, 0.15) is 11.9 Å². The van der Waals surface area contributed by atoms with E-state index in [0.29, 0.717) is 0 Å². The number of hydrogen-bond donors (Lipinski definition) is 0. The van der Waals surface area contributed by atoms with E-state index in [1.165, 1.54) is 22.5 Å². The molecule has 1 aliphatic carbocycles. The summed E-state index contributed by atoms with van der Waals surface area (Å²) in [5.74, 6) is 0.725. The Morgan fingerprint density at radius 1 is 1.17 bits per heavy atom. The number of carbonyl (C=O) groups excluding carboxylic acids is 1. The number of ketones is 1. The number of allylic oxidation sites excluding steroid dienone is 4. The second kappa shape index (κ2) is 4.50. The monoisotopic (exact) mass is 317 g/mol. The lowest BCUT2D eigenvalue weighted by Gasteiger charge is -2.40. The number of rotatable bonds is 0. The number of ether oxygens (including phenoxy) is 1. The SMILES string of the molecule is CC1(C)C2=C3C=C4C=CC(=O)C=C4OC3CCN2c2ccccc21. The quantitative estimate of drug-likeness (QED) is 0.729. The van der Waals surface area contributed by atoms with Crippen LogP contribution in [0.3, 0.4) is 0 Å². The number of fused-ring (bicyclic) bond motifs is 5. The third kappa shape index (κ3) is 1.70. The zero-order valence-corrected chi connectivity index (χ0v) is 13.9. The summed E-state index contributed by atoms with van der Waals surface area (Å²) < 4.78 is 6.20. The van der Waals surface area contributed by atoms with Gasteiger partial charge < -0.3 is 9.64 Å². The van der Waals surface area contributed by atoms with Crippen molar-refractivity contribution in [3.05, 3.63) is 76.7 Å². The van der Waals surface area contributed by atoms with Gasteiger partial charge in [-0.2, -0.15) is 0 Å². The van der Waals surface area contributed by atoms with Crippen molar-refractivity contribution in [1.29, 1.82) is 0 Å². The number of para-hydroxylation sites is 1. The molecule has 5 rings (SSSR count). The Balaban J connectivity index is 1.74. The van der Waals surface area contributed by atoms with Crippen LogP contribution in [0.1, 0.15) is 25.8 Å². The third-order valence-corrected chi connectivity index (χ3v) is 5.53. The first-order valence-corrected chi connectivity index (χ1v) is 8.50. The van der Waals surface area contributed by atoms with Crippen molar-refractivity contribution in [2.24, 2.45) is 0 Å². The summed E-state index contributed by atoms with van der Waals surface area (Å²) in [4.78, 5) is 14.1. The molecule has 0 N–H and O–H groups in total. The minimum Gasteiger partial charge on any atom is -0.485 e. The first-order valence-electron chi connectivity index (χ1n) is 8.50. The Hall–Kier alpha value is -2.55. The summed E-state index contributed by atoms with van der Waals surface area (Å²) >= 11 is 0. The average molecular weight is 317 g/mol. The van der Waals surface area contributed by atoms with E-state index in [0.717, 1.165) is 24.3 Å². The largest absolute Gasteiger partial charge is 0.485 e. The van der Waals surface area contributed by atoms with Crippen LogP contribution in [-0.4, -0.2) is 18.4 Å². The molecule has 0 aromatic heterocycles. The van der Waals surface area contributed by atoms with E-state index in [1.54, 1.807) is 12.2 Å². The van der Waals surface area contributed by atoms with Crippen molar-refractivity contribution < 1.29 is 9.53 Å². The molecule has 120 valence electrons. The van der Waals surface area contributed by atoms with Gasteiger partial charge >= 0.3 is 0 Å². The number of hydrogen-bond acceptors (Lipinski definition) is 3. The van der Waals surface area contributed by atoms with Crippen molar-refractivity contribution in [3.8, 4) is 0 Å². The van der Waals surface area contributed by atoms with E-state index < -0.39 is 0 Å². The van der Waals surface area contributed by atoms with Crippen LogP contribution in [-0.2, 0) is 14.9 Å². The summed E-state index contributed by atoms with van der Waals surface area (Å²) in [6.45, 7) is 5.53. The third-order valence-electron chi connectivity index (χ3n) is 5.53. The molecule has 3 heterocycles. The Morgan fingerprint density at radius 2 is 2.00 bits per heavy atom. The molecule has 3 nitrogen and oxygen atoms in total. The highest BCUT2D eigenvalue weighted by atomic mass is 16.5. The molecule has 0 amide bonds. The Morgan fingerprint density at radius 3 is 2.88 bits per heavy atom. The van der Waals surface area contributed by atoms with E-state index >= 15 is 0 Å². The predicted octanol–water partition coefficient (Wildman–Crippen LogP) is 3.79. The Bertz CT molecular complexity index is 898. The smallest absolute Gasteiger partial charge is 0.182 e. The van der Waals surface area contributed by atoms with Crippen molar-refractivity contribution in [2.75, 3.05) is 11.4 Å². The highest BCUT2D eigenvalue weighted by Gasteiger charge is 2.46. The fourth-order valence-corrected chi connectivity index (χ4v) is 4.47. The van der Waals surface area contributed by atoms with Gasteiger partial charge in [-0.15, -0.1) is 0 Å². The molecule has 3 aliphatic heterocycles. The molecule has 0 fully saturated rings. The molecule has 3 heteroatoms. The highest BCUT2D eigenvalue weighted by molar-refractivity contribution is 6.02. The fourth-order valence-electron chi connectivity index (χ4n) is 4.47. The molecule has 0 saturated heterocycles. The molecule has 1 atom stereocenters. The van der Waals surface area contributed by atoms with E-state index in [1.807, 2.05) is 6.08 Å². The lowest BCUT2D eigenvalue weighted by molar-refractivity contribution is -0.110. The maximum absolute atomic E-state index is 11.6. The van der Waals surface area contributed by atoms with Gasteiger partial charge in [0.05, 0.1) is 0 Å². The lowest BCUT2D eigenvalue weighted by Crippen LogP contribution is -2.39. The van der Waals surface area contributed by atoms with Crippen LogP contribution < -0.4 is 4.90 Å². The predicted molar refractivity (Wildman–Crippen MR) is 93.6 cm³/mol. The summed E-state index contributed by atoms with van der Waals surface area (Å²) in [7, 11) is 0. The minimum absolute atomic E-state index is 0.00397. The maximum atomic E-state index is 11.6. The first-order chi connectivity index (χ1) is 11.6. The fraction of sp³-hybridized carbons (Fsp3) is 0.286. The van der Waals surface area contributed by atoms with Crippen LogP contribution in [0.15, 0.2) is 71.2 Å². The highest BCUT2D eigenvalue weighted by Crippen LogP contribution is 2.52. The molecule has 1 aromatic rings. The van der Waals surface area contributed by atoms with Crippen LogP contribution >= 0.6 is 0 Å². The zero-order valence-electron chi connectivity index (χ0n) is 13.9. The summed E-state index contributed by atoms with van der Waals surface area (Å²) in [5.41, 5.74) is 6.26. The van der Waals surface area contributed by atoms with E-state index in [2.05, 4.69) is 49.1 Å². The van der Waals surface area contributed by atoms with Crippen molar-refractivity contribution >= 4 is 11.5 Å². The van der Waals surface area contributed by atoms with Gasteiger partial charge in [-0.05, 0) is 29.9 Å². The lowest BCUT2D eigenvalue weighted by atomic mass is 9.79. The zero-order chi connectivity index (χ0) is 16.5. The number of anilines is 1. The Kier molecular flexibility index (Phi) is 2.60. The molecule has 24 heavy (non-hydrogen) atoms. The Labute approximate surface area is 141 Å². The van der Waals surface area contributed by atoms with E-state index in [-0.39, 0.29) is 17.3 Å². The number of nitrogens with zero attached hydrogens (tertiary/aromatic N) is 1. The first kappa shape index (κ1) is 13.8. The number of carbonyl (C=O) groups is 1. The van der Waals surface area contributed by atoms with Gasteiger partial charge in [0.2, 0.25) is 0 Å². The molecule has 4 aliphatic rings. The van der Waals surface area contributed by atoms with Crippen molar-refractivity contribution in [2.45, 2.75) is 31.8 Å². The summed E-state index contributed by atoms with van der Waals surface area (Å²) in [5, 5.41) is 0. The average Bonchev–Trinajstić information content (AvgIpc) is 2.81. The van der Waals surface area contributed by atoms with E-state index in [4.69, 9.17) is 4.74 Å². The molecule has 0 radical (unpaired) electrons. The molecular formula is C21H19NO2. The second-order valence-corrected chi connectivity index (χ2v) is 7.34. The second-order valence-electron chi connectivity index (χ2n) is 7.34. The summed E-state index contributed by atoms with van der Waals surface area (Å²) in [6, 6.07) is 8.68. The minimum atomic E-state index is -0.0412. The maximum Gasteiger partial charge on any atom is 0.182 e.